The van der Waals surface area contributed by atoms with E-state index in [4.69, 9.17) is 4.74 Å². The molecule has 3 aliphatic rings. The van der Waals surface area contributed by atoms with Gasteiger partial charge in [-0.25, -0.2) is 0 Å². The summed E-state index contributed by atoms with van der Waals surface area (Å²) >= 11 is 1.59. The molecule has 1 atom stereocenters. The molecule has 3 fully saturated rings. The molecule has 1 N–H and O–H groups in total. The molecule has 4 rings (SSSR count). The summed E-state index contributed by atoms with van der Waals surface area (Å²) in [6.07, 6.45) is 6.46. The molecule has 3 heterocycles. The Morgan fingerprint density at radius 1 is 1.22 bits per heavy atom. The summed E-state index contributed by atoms with van der Waals surface area (Å²) in [5, 5.41) is 4.94. The maximum atomic E-state index is 12.4. The van der Waals surface area contributed by atoms with Crippen molar-refractivity contribution in [2.75, 3.05) is 32.8 Å². The minimum Gasteiger partial charge on any atom is -0.365 e. The highest BCUT2D eigenvalue weighted by Crippen LogP contribution is 2.29. The monoisotopic (exact) mass is 391 g/mol. The van der Waals surface area contributed by atoms with Gasteiger partial charge >= 0.3 is 0 Å². The molecular weight excluding hydrogens is 362 g/mol. The van der Waals surface area contributed by atoms with Gasteiger partial charge in [-0.15, -0.1) is 11.3 Å². The number of amides is 2. The van der Waals surface area contributed by atoms with Gasteiger partial charge in [0.25, 0.3) is 0 Å². The largest absolute Gasteiger partial charge is 0.365 e. The van der Waals surface area contributed by atoms with E-state index in [2.05, 4.69) is 10.2 Å². The second-order valence-electron chi connectivity index (χ2n) is 7.89. The van der Waals surface area contributed by atoms with E-state index in [9.17, 15) is 9.59 Å². The third-order valence-corrected chi connectivity index (χ3v) is 7.01. The number of hydrogen-bond acceptors (Lipinski definition) is 5. The highest BCUT2D eigenvalue weighted by atomic mass is 32.1. The number of nitrogens with one attached hydrogen (secondary N) is 1. The Kier molecular flexibility index (Phi) is 6.10. The predicted molar refractivity (Wildman–Crippen MR) is 105 cm³/mol. The molecule has 6 nitrogen and oxygen atoms in total. The first kappa shape index (κ1) is 18.9. The van der Waals surface area contributed by atoms with Gasteiger partial charge in [0.15, 0.2) is 0 Å². The molecule has 2 amide bonds. The maximum absolute atomic E-state index is 12.4. The van der Waals surface area contributed by atoms with E-state index in [-0.39, 0.29) is 24.5 Å². The van der Waals surface area contributed by atoms with E-state index in [1.807, 2.05) is 22.4 Å². The Bertz CT molecular complexity index is 639. The van der Waals surface area contributed by atoms with E-state index in [0.717, 1.165) is 36.9 Å². The molecule has 0 aromatic carbocycles. The van der Waals surface area contributed by atoms with Crippen LogP contribution in [-0.4, -0.2) is 72.6 Å². The smallest absolute Gasteiger partial charge is 0.248 e. The van der Waals surface area contributed by atoms with Gasteiger partial charge in [-0.2, -0.15) is 0 Å². The highest BCUT2D eigenvalue weighted by Gasteiger charge is 2.35. The number of carbonyl (C=O) groups excluding carboxylic acids is 2. The number of rotatable bonds is 6. The van der Waals surface area contributed by atoms with E-state index >= 15 is 0 Å². The van der Waals surface area contributed by atoms with Crippen LogP contribution in [0.25, 0.3) is 0 Å². The fraction of sp³-hybridized carbons (Fsp3) is 0.700. The number of likely N-dealkylation sites (tertiary alicyclic amines) is 1. The van der Waals surface area contributed by atoms with Crippen LogP contribution in [0.1, 0.15) is 37.0 Å². The average molecular weight is 392 g/mol. The van der Waals surface area contributed by atoms with E-state index < -0.39 is 0 Å². The van der Waals surface area contributed by atoms with Crippen LogP contribution in [0, 0.1) is 0 Å². The van der Waals surface area contributed by atoms with Crippen molar-refractivity contribution < 1.29 is 14.3 Å². The van der Waals surface area contributed by atoms with Crippen molar-refractivity contribution in [2.24, 2.45) is 0 Å². The summed E-state index contributed by atoms with van der Waals surface area (Å²) < 4.78 is 5.67. The fourth-order valence-electron chi connectivity index (χ4n) is 4.30. The van der Waals surface area contributed by atoms with Crippen molar-refractivity contribution in [3.63, 3.8) is 0 Å². The number of nitrogens with zero attached hydrogens (tertiary/aromatic N) is 2. The predicted octanol–water partition coefficient (Wildman–Crippen LogP) is 1.65. The number of piperidine rings is 1. The van der Waals surface area contributed by atoms with Gasteiger partial charge in [-0.05, 0) is 37.1 Å². The van der Waals surface area contributed by atoms with E-state index in [1.54, 1.807) is 11.3 Å². The van der Waals surface area contributed by atoms with Gasteiger partial charge in [0.2, 0.25) is 11.8 Å². The number of morpholine rings is 1. The van der Waals surface area contributed by atoms with Crippen LogP contribution in [-0.2, 0) is 20.7 Å². The van der Waals surface area contributed by atoms with Gasteiger partial charge in [0, 0.05) is 43.1 Å². The zero-order chi connectivity index (χ0) is 18.6. The van der Waals surface area contributed by atoms with Gasteiger partial charge < -0.3 is 19.9 Å². The topological polar surface area (TPSA) is 61.9 Å². The highest BCUT2D eigenvalue weighted by molar-refractivity contribution is 7.10. The zero-order valence-electron chi connectivity index (χ0n) is 15.8. The van der Waals surface area contributed by atoms with Crippen molar-refractivity contribution >= 4 is 23.2 Å². The molecule has 1 aromatic heterocycles. The average Bonchev–Trinajstić information content (AvgIpc) is 3.13. The Morgan fingerprint density at radius 2 is 2.04 bits per heavy atom. The van der Waals surface area contributed by atoms with Crippen LogP contribution in [0.3, 0.4) is 0 Å². The lowest BCUT2D eigenvalue weighted by Crippen LogP contribution is -2.57. The number of hydrogen-bond donors (Lipinski definition) is 1. The van der Waals surface area contributed by atoms with E-state index in [1.165, 1.54) is 19.3 Å². The lowest BCUT2D eigenvalue weighted by Gasteiger charge is -2.45. The quantitative estimate of drug-likeness (QED) is 0.801. The van der Waals surface area contributed by atoms with Gasteiger partial charge in [0.05, 0.1) is 12.5 Å². The van der Waals surface area contributed by atoms with Crippen LogP contribution in [0.2, 0.25) is 0 Å². The fourth-order valence-corrected chi connectivity index (χ4v) is 5.00. The zero-order valence-corrected chi connectivity index (χ0v) is 16.6. The maximum Gasteiger partial charge on any atom is 0.248 e. The van der Waals surface area contributed by atoms with Crippen LogP contribution in [0.4, 0.5) is 0 Å². The summed E-state index contributed by atoms with van der Waals surface area (Å²) in [5.41, 5.74) is 0. The lowest BCUT2D eigenvalue weighted by molar-refractivity contribution is -0.153. The van der Waals surface area contributed by atoms with Crippen LogP contribution < -0.4 is 5.32 Å². The van der Waals surface area contributed by atoms with Gasteiger partial charge in [-0.3, -0.25) is 9.59 Å². The molecule has 1 saturated carbocycles. The Morgan fingerprint density at radius 3 is 2.70 bits per heavy atom. The van der Waals surface area contributed by atoms with Crippen LogP contribution in [0.15, 0.2) is 17.5 Å². The third kappa shape index (κ3) is 4.70. The second-order valence-corrected chi connectivity index (χ2v) is 8.92. The van der Waals surface area contributed by atoms with E-state index in [0.29, 0.717) is 25.6 Å². The molecule has 148 valence electrons. The summed E-state index contributed by atoms with van der Waals surface area (Å²) in [5.74, 6) is 0.108. The summed E-state index contributed by atoms with van der Waals surface area (Å²) in [7, 11) is 0. The van der Waals surface area contributed by atoms with Crippen LogP contribution >= 0.6 is 11.3 Å². The summed E-state index contributed by atoms with van der Waals surface area (Å²) in [4.78, 5) is 30.1. The van der Waals surface area contributed by atoms with Crippen molar-refractivity contribution in [3.8, 4) is 0 Å². The van der Waals surface area contributed by atoms with Crippen LogP contribution in [0.5, 0.6) is 0 Å². The number of carbonyl (C=O) groups is 2. The molecule has 27 heavy (non-hydrogen) atoms. The van der Waals surface area contributed by atoms with Gasteiger partial charge in [-0.1, -0.05) is 12.5 Å². The lowest BCUT2D eigenvalue weighted by atomic mass is 9.89. The second kappa shape index (κ2) is 8.71. The normalized spacial score (nSPS) is 25.4. The molecule has 1 aromatic rings. The Labute approximate surface area is 164 Å². The number of thiophene rings is 1. The molecule has 7 heteroatoms. The van der Waals surface area contributed by atoms with Crippen molar-refractivity contribution in [1.29, 1.82) is 0 Å². The number of ether oxygens (including phenoxy) is 1. The molecule has 0 bridgehead atoms. The Hall–Kier alpha value is -1.44. The van der Waals surface area contributed by atoms with Crippen molar-refractivity contribution in [1.82, 2.24) is 15.1 Å². The molecule has 2 saturated heterocycles. The molecule has 0 spiro atoms. The standard InChI is InChI=1S/C20H29N3O3S/c24-19(11-18-5-2-10-27-18)21-12-17-13-23(20(25)14-26-17)16-6-8-22(9-7-16)15-3-1-4-15/h2,5,10,15-17H,1,3-4,6-9,11-14H2,(H,21,24)/t17-/m0/s1. The first-order valence-electron chi connectivity index (χ1n) is 10.1. The molecule has 0 radical (unpaired) electrons. The van der Waals surface area contributed by atoms with Crippen molar-refractivity contribution in [2.45, 2.75) is 56.7 Å². The Balaban J connectivity index is 1.23. The van der Waals surface area contributed by atoms with Gasteiger partial charge in [0.1, 0.15) is 6.61 Å². The SMILES string of the molecule is O=C(Cc1cccs1)NC[C@H]1CN(C2CCN(C3CCC3)CC2)C(=O)CO1. The first-order valence-corrected chi connectivity index (χ1v) is 11.0. The summed E-state index contributed by atoms with van der Waals surface area (Å²) in [6.45, 7) is 3.39. The molecule has 2 aliphatic heterocycles. The minimum atomic E-state index is -0.111. The molecular formula is C20H29N3O3S. The summed E-state index contributed by atoms with van der Waals surface area (Å²) in [6, 6.07) is 5.04. The molecule has 0 unspecified atom stereocenters. The first-order chi connectivity index (χ1) is 13.2. The minimum absolute atomic E-state index is 0.0123. The molecule has 1 aliphatic carbocycles. The third-order valence-electron chi connectivity index (χ3n) is 6.14. The van der Waals surface area contributed by atoms with Crippen molar-refractivity contribution in [3.05, 3.63) is 22.4 Å².